The first-order valence-corrected chi connectivity index (χ1v) is 7.36. The average molecular weight is 346 g/mol. The van der Waals surface area contributed by atoms with Crippen LogP contribution < -0.4 is 4.74 Å². The van der Waals surface area contributed by atoms with Gasteiger partial charge in [-0.05, 0) is 18.3 Å². The first kappa shape index (κ1) is 18.3. The Morgan fingerprint density at radius 2 is 1.67 bits per heavy atom. The molecule has 2 unspecified atom stereocenters. The maximum absolute atomic E-state index is 13.8. The minimum atomic E-state index is -1.67. The van der Waals surface area contributed by atoms with Gasteiger partial charge in [-0.2, -0.15) is 8.78 Å². The van der Waals surface area contributed by atoms with Crippen LogP contribution in [-0.2, 0) is 16.1 Å². The van der Waals surface area contributed by atoms with Gasteiger partial charge in [-0.3, -0.25) is 4.79 Å². The number of methoxy groups -OCH3 is 1. The van der Waals surface area contributed by atoms with Crippen LogP contribution in [0.25, 0.3) is 0 Å². The van der Waals surface area contributed by atoms with Gasteiger partial charge in [0.15, 0.2) is 17.4 Å². The topological polar surface area (TPSA) is 35.5 Å². The summed E-state index contributed by atoms with van der Waals surface area (Å²) in [5, 5.41) is 0. The van der Waals surface area contributed by atoms with E-state index in [0.29, 0.717) is 0 Å². The maximum Gasteiger partial charge on any atom is 0.310 e. The van der Waals surface area contributed by atoms with Crippen molar-refractivity contribution in [2.24, 2.45) is 17.3 Å². The van der Waals surface area contributed by atoms with Gasteiger partial charge in [0.2, 0.25) is 11.6 Å². The summed E-state index contributed by atoms with van der Waals surface area (Å²) in [5.41, 5.74) is -1.32. The summed E-state index contributed by atoms with van der Waals surface area (Å²) in [6, 6.07) is 0. The molecule has 0 heterocycles. The highest BCUT2D eigenvalue weighted by atomic mass is 19.2. The zero-order chi connectivity index (χ0) is 18.2. The average Bonchev–Trinajstić information content (AvgIpc) is 3.07. The van der Waals surface area contributed by atoms with Gasteiger partial charge in [-0.1, -0.05) is 26.0 Å². The van der Waals surface area contributed by atoms with Gasteiger partial charge >= 0.3 is 5.97 Å². The molecule has 1 aromatic carbocycles. The van der Waals surface area contributed by atoms with Gasteiger partial charge in [-0.15, -0.1) is 0 Å². The van der Waals surface area contributed by atoms with Crippen LogP contribution in [0.4, 0.5) is 17.6 Å². The summed E-state index contributed by atoms with van der Waals surface area (Å²) in [6.07, 6.45) is 3.65. The molecule has 0 radical (unpaired) electrons. The first-order valence-electron chi connectivity index (χ1n) is 7.36. The summed E-state index contributed by atoms with van der Waals surface area (Å²) < 4.78 is 64.1. The molecule has 1 aliphatic rings. The van der Waals surface area contributed by atoms with Gasteiger partial charge in [0, 0.05) is 0 Å². The van der Waals surface area contributed by atoms with E-state index in [1.807, 2.05) is 26.8 Å². The van der Waals surface area contributed by atoms with Crippen LogP contribution in [0, 0.1) is 40.5 Å². The number of benzene rings is 1. The number of ether oxygens (including phenoxy) is 2. The number of esters is 1. The predicted octanol–water partition coefficient (Wildman–Crippen LogP) is 4.14. The number of carbonyl (C=O) groups excluding carboxylic acids is 1. The Bertz CT molecular complexity index is 669. The van der Waals surface area contributed by atoms with Crippen LogP contribution in [0.2, 0.25) is 0 Å². The lowest BCUT2D eigenvalue weighted by Gasteiger charge is -2.11. The maximum atomic E-state index is 13.8. The molecule has 0 aromatic heterocycles. The molecular weight excluding hydrogens is 328 g/mol. The van der Waals surface area contributed by atoms with Crippen LogP contribution in [0.15, 0.2) is 12.2 Å². The SMILES string of the molecule is CC=CC1C(C(=O)OCc2c(F)c(F)c(OC)c(F)c2F)C1(C)C. The second kappa shape index (κ2) is 6.45. The smallest absolute Gasteiger partial charge is 0.310 e. The van der Waals surface area contributed by atoms with E-state index < -0.39 is 53.1 Å². The van der Waals surface area contributed by atoms with Crippen molar-refractivity contribution >= 4 is 5.97 Å². The third-order valence-electron chi connectivity index (χ3n) is 4.44. The Morgan fingerprint density at radius 3 is 2.12 bits per heavy atom. The Hall–Kier alpha value is -2.05. The van der Waals surface area contributed by atoms with E-state index in [4.69, 9.17) is 4.74 Å². The van der Waals surface area contributed by atoms with E-state index in [1.54, 1.807) is 6.08 Å². The summed E-state index contributed by atoms with van der Waals surface area (Å²) in [5.74, 6) is -8.95. The predicted molar refractivity (Wildman–Crippen MR) is 78.2 cm³/mol. The van der Waals surface area contributed by atoms with Crippen LogP contribution in [0.5, 0.6) is 5.75 Å². The molecule has 0 amide bonds. The second-order valence-electron chi connectivity index (χ2n) is 6.23. The Kier molecular flexibility index (Phi) is 4.92. The van der Waals surface area contributed by atoms with Crippen molar-refractivity contribution in [2.75, 3.05) is 7.11 Å². The standard InChI is InChI=1S/C17H18F4O3/c1-5-6-9-10(17(9,2)3)16(22)24-7-8-11(18)13(20)15(23-4)14(21)12(8)19/h5-6,9-10H,7H2,1-4H3. The molecule has 0 aliphatic heterocycles. The lowest BCUT2D eigenvalue weighted by molar-refractivity contribution is -0.147. The summed E-state index contributed by atoms with van der Waals surface area (Å²) in [6.45, 7) is 4.63. The van der Waals surface area contributed by atoms with Crippen molar-refractivity contribution in [3.63, 3.8) is 0 Å². The van der Waals surface area contributed by atoms with Gasteiger partial charge in [-0.25, -0.2) is 8.78 Å². The van der Waals surface area contributed by atoms with Crippen molar-refractivity contribution in [3.8, 4) is 5.75 Å². The normalized spacial score (nSPS) is 21.8. The van der Waals surface area contributed by atoms with E-state index in [0.717, 1.165) is 7.11 Å². The first-order chi connectivity index (χ1) is 11.2. The fourth-order valence-corrected chi connectivity index (χ4v) is 2.89. The molecule has 0 N–H and O–H groups in total. The summed E-state index contributed by atoms with van der Waals surface area (Å²) in [4.78, 5) is 12.1. The van der Waals surface area contributed by atoms with Crippen molar-refractivity contribution in [1.82, 2.24) is 0 Å². The second-order valence-corrected chi connectivity index (χ2v) is 6.23. The lowest BCUT2D eigenvalue weighted by atomic mass is 10.1. The highest BCUT2D eigenvalue weighted by molar-refractivity contribution is 5.78. The van der Waals surface area contributed by atoms with E-state index in [-0.39, 0.29) is 11.3 Å². The number of hydrogen-bond acceptors (Lipinski definition) is 3. The number of hydrogen-bond donors (Lipinski definition) is 0. The molecule has 1 saturated carbocycles. The van der Waals surface area contributed by atoms with E-state index in [1.165, 1.54) is 0 Å². The highest BCUT2D eigenvalue weighted by Crippen LogP contribution is 2.59. The Labute approximate surface area is 137 Å². The minimum Gasteiger partial charge on any atom is -0.491 e. The summed E-state index contributed by atoms with van der Waals surface area (Å²) in [7, 11) is 0.886. The van der Waals surface area contributed by atoms with E-state index in [9.17, 15) is 22.4 Å². The minimum absolute atomic E-state index is 0.0472. The van der Waals surface area contributed by atoms with Crippen molar-refractivity contribution < 1.29 is 31.8 Å². The third-order valence-corrected chi connectivity index (χ3v) is 4.44. The van der Waals surface area contributed by atoms with Gasteiger partial charge in [0.1, 0.15) is 6.61 Å². The number of halogens is 4. The van der Waals surface area contributed by atoms with E-state index in [2.05, 4.69) is 4.74 Å². The monoisotopic (exact) mass is 346 g/mol. The molecule has 3 nitrogen and oxygen atoms in total. The molecule has 2 rings (SSSR count). The molecule has 1 fully saturated rings. The van der Waals surface area contributed by atoms with Gasteiger partial charge in [0.05, 0.1) is 18.6 Å². The third kappa shape index (κ3) is 2.87. The molecule has 1 aliphatic carbocycles. The van der Waals surface area contributed by atoms with Crippen LogP contribution in [0.1, 0.15) is 26.3 Å². The lowest BCUT2D eigenvalue weighted by Crippen LogP contribution is -2.14. The highest BCUT2D eigenvalue weighted by Gasteiger charge is 2.61. The Balaban J connectivity index is 2.18. The number of allylic oxidation sites excluding steroid dienone is 2. The number of carbonyl (C=O) groups is 1. The van der Waals surface area contributed by atoms with E-state index >= 15 is 0 Å². The zero-order valence-electron chi connectivity index (χ0n) is 13.8. The van der Waals surface area contributed by atoms with Gasteiger partial charge < -0.3 is 9.47 Å². The number of rotatable bonds is 5. The van der Waals surface area contributed by atoms with Crippen LogP contribution >= 0.6 is 0 Å². The molecule has 0 bridgehead atoms. The molecule has 0 saturated heterocycles. The summed E-state index contributed by atoms with van der Waals surface area (Å²) >= 11 is 0. The van der Waals surface area contributed by atoms with Crippen molar-refractivity contribution in [2.45, 2.75) is 27.4 Å². The molecule has 24 heavy (non-hydrogen) atoms. The molecule has 132 valence electrons. The molecule has 0 spiro atoms. The van der Waals surface area contributed by atoms with Crippen LogP contribution in [-0.4, -0.2) is 13.1 Å². The Morgan fingerprint density at radius 1 is 1.12 bits per heavy atom. The fraction of sp³-hybridized carbons (Fsp3) is 0.471. The molecule has 1 aromatic rings. The van der Waals surface area contributed by atoms with Gasteiger partial charge in [0.25, 0.3) is 0 Å². The zero-order valence-corrected chi connectivity index (χ0v) is 13.8. The molecule has 2 atom stereocenters. The van der Waals surface area contributed by atoms with Crippen molar-refractivity contribution in [1.29, 1.82) is 0 Å². The molecular formula is C17H18F4O3. The molecule has 7 heteroatoms. The van der Waals surface area contributed by atoms with Crippen LogP contribution in [0.3, 0.4) is 0 Å². The largest absolute Gasteiger partial charge is 0.491 e. The van der Waals surface area contributed by atoms with Crippen molar-refractivity contribution in [3.05, 3.63) is 41.0 Å². The quantitative estimate of drug-likeness (QED) is 0.348. The fourth-order valence-electron chi connectivity index (χ4n) is 2.89.